The van der Waals surface area contributed by atoms with E-state index in [4.69, 9.17) is 5.73 Å². The highest BCUT2D eigenvalue weighted by atomic mass is 32.1. The highest BCUT2D eigenvalue weighted by molar-refractivity contribution is 7.14. The van der Waals surface area contributed by atoms with E-state index in [-0.39, 0.29) is 11.8 Å². The molecule has 2 amide bonds. The number of rotatable bonds is 4. The first-order chi connectivity index (χ1) is 8.47. The molecule has 98 valence electrons. The molecule has 0 saturated heterocycles. The summed E-state index contributed by atoms with van der Waals surface area (Å²) in [5, 5.41) is 5.53. The predicted octanol–water partition coefficient (Wildman–Crippen LogP) is 1.04. The van der Waals surface area contributed by atoms with E-state index in [0.717, 1.165) is 17.7 Å². The number of nitrogen functional groups attached to an aromatic ring is 1. The maximum absolute atomic E-state index is 11.9. The fourth-order valence-corrected chi connectivity index (χ4v) is 2.34. The van der Waals surface area contributed by atoms with Gasteiger partial charge in [0, 0.05) is 16.6 Å². The van der Waals surface area contributed by atoms with Crippen LogP contribution in [0.25, 0.3) is 0 Å². The Labute approximate surface area is 110 Å². The van der Waals surface area contributed by atoms with Gasteiger partial charge < -0.3 is 16.4 Å². The Kier molecular flexibility index (Phi) is 3.56. The number of amides is 2. The molecule has 1 fully saturated rings. The molecule has 1 aliphatic rings. The lowest BCUT2D eigenvalue weighted by Gasteiger charge is -2.12. The molecule has 6 heteroatoms. The van der Waals surface area contributed by atoms with Gasteiger partial charge >= 0.3 is 0 Å². The average Bonchev–Trinajstić information content (AvgIpc) is 3.05. The van der Waals surface area contributed by atoms with Gasteiger partial charge in [-0.2, -0.15) is 0 Å². The van der Waals surface area contributed by atoms with Crippen molar-refractivity contribution in [2.75, 3.05) is 5.73 Å². The van der Waals surface area contributed by atoms with Crippen LogP contribution in [-0.4, -0.2) is 23.9 Å². The highest BCUT2D eigenvalue weighted by Crippen LogP contribution is 2.23. The molecule has 2 rings (SSSR count). The van der Waals surface area contributed by atoms with E-state index in [1.54, 1.807) is 13.0 Å². The van der Waals surface area contributed by atoms with Crippen molar-refractivity contribution in [2.24, 2.45) is 0 Å². The van der Waals surface area contributed by atoms with E-state index in [9.17, 15) is 9.59 Å². The molecule has 0 aromatic carbocycles. The van der Waals surface area contributed by atoms with Crippen LogP contribution in [0.5, 0.6) is 0 Å². The summed E-state index contributed by atoms with van der Waals surface area (Å²) in [5.74, 6) is -0.384. The highest BCUT2D eigenvalue weighted by Gasteiger charge is 2.26. The van der Waals surface area contributed by atoms with Gasteiger partial charge in [0.1, 0.15) is 6.04 Å². The van der Waals surface area contributed by atoms with E-state index in [1.807, 2.05) is 6.92 Å². The summed E-state index contributed by atoms with van der Waals surface area (Å²) in [6.45, 7) is 3.54. The van der Waals surface area contributed by atoms with Crippen LogP contribution in [0.2, 0.25) is 0 Å². The van der Waals surface area contributed by atoms with Gasteiger partial charge in [0.15, 0.2) is 0 Å². The Bertz CT molecular complexity index is 460. The van der Waals surface area contributed by atoms with Gasteiger partial charge in [-0.15, -0.1) is 11.3 Å². The molecular formula is C12H17N3O2S. The van der Waals surface area contributed by atoms with Gasteiger partial charge in [0.05, 0.1) is 4.88 Å². The van der Waals surface area contributed by atoms with Crippen LogP contribution in [0.3, 0.4) is 0 Å². The number of hydrogen-bond donors (Lipinski definition) is 3. The molecular weight excluding hydrogens is 250 g/mol. The van der Waals surface area contributed by atoms with Crippen molar-refractivity contribution in [1.29, 1.82) is 0 Å². The fraction of sp³-hybridized carbons (Fsp3) is 0.500. The zero-order valence-electron chi connectivity index (χ0n) is 10.4. The zero-order valence-corrected chi connectivity index (χ0v) is 11.3. The van der Waals surface area contributed by atoms with Crippen LogP contribution in [0.1, 0.15) is 34.3 Å². The van der Waals surface area contributed by atoms with Gasteiger partial charge in [0.2, 0.25) is 5.91 Å². The van der Waals surface area contributed by atoms with Crippen molar-refractivity contribution in [2.45, 2.75) is 38.8 Å². The summed E-state index contributed by atoms with van der Waals surface area (Å²) in [6, 6.07) is 1.42. The number of aryl methyl sites for hydroxylation is 1. The molecule has 1 unspecified atom stereocenters. The third kappa shape index (κ3) is 3.01. The van der Waals surface area contributed by atoms with Crippen molar-refractivity contribution in [1.82, 2.24) is 10.6 Å². The Morgan fingerprint density at radius 3 is 2.67 bits per heavy atom. The van der Waals surface area contributed by atoms with Crippen molar-refractivity contribution < 1.29 is 9.59 Å². The monoisotopic (exact) mass is 267 g/mol. The van der Waals surface area contributed by atoms with Gasteiger partial charge in [-0.25, -0.2) is 0 Å². The smallest absolute Gasteiger partial charge is 0.262 e. The number of carbonyl (C=O) groups is 2. The summed E-state index contributed by atoms with van der Waals surface area (Å²) >= 11 is 1.33. The quantitative estimate of drug-likeness (QED) is 0.762. The molecule has 1 aromatic heterocycles. The zero-order chi connectivity index (χ0) is 13.3. The molecule has 1 saturated carbocycles. The average molecular weight is 267 g/mol. The first-order valence-corrected chi connectivity index (χ1v) is 6.76. The van der Waals surface area contributed by atoms with Gasteiger partial charge in [-0.3, -0.25) is 9.59 Å². The molecule has 1 aromatic rings. The van der Waals surface area contributed by atoms with Gasteiger partial charge in [-0.1, -0.05) is 0 Å². The summed E-state index contributed by atoms with van der Waals surface area (Å²) < 4.78 is 0. The molecule has 18 heavy (non-hydrogen) atoms. The van der Waals surface area contributed by atoms with Crippen LogP contribution in [0, 0.1) is 6.92 Å². The SMILES string of the molecule is Cc1sc(C(=O)NC(C)C(=O)NC2CC2)cc1N. The minimum Gasteiger partial charge on any atom is -0.398 e. The van der Waals surface area contributed by atoms with E-state index < -0.39 is 6.04 Å². The lowest BCUT2D eigenvalue weighted by Crippen LogP contribution is -2.45. The normalized spacial score (nSPS) is 16.1. The van der Waals surface area contributed by atoms with Crippen LogP contribution in [0.15, 0.2) is 6.07 Å². The Morgan fingerprint density at radius 2 is 2.17 bits per heavy atom. The second kappa shape index (κ2) is 4.97. The number of nitrogens with two attached hydrogens (primary N) is 1. The number of anilines is 1. The lowest BCUT2D eigenvalue weighted by molar-refractivity contribution is -0.122. The van der Waals surface area contributed by atoms with E-state index >= 15 is 0 Å². The number of hydrogen-bond acceptors (Lipinski definition) is 4. The first-order valence-electron chi connectivity index (χ1n) is 5.94. The van der Waals surface area contributed by atoms with E-state index in [1.165, 1.54) is 11.3 Å². The van der Waals surface area contributed by atoms with Crippen molar-refractivity contribution in [3.05, 3.63) is 15.8 Å². The molecule has 0 radical (unpaired) electrons. The summed E-state index contributed by atoms with van der Waals surface area (Å²) in [4.78, 5) is 25.0. The van der Waals surface area contributed by atoms with Gasteiger partial charge in [0.25, 0.3) is 5.91 Å². The molecule has 0 aliphatic heterocycles. The summed E-state index contributed by atoms with van der Waals surface area (Å²) in [7, 11) is 0. The summed E-state index contributed by atoms with van der Waals surface area (Å²) in [5.41, 5.74) is 6.31. The minimum atomic E-state index is -0.526. The molecule has 1 atom stereocenters. The standard InChI is InChI=1S/C12H17N3O2S/c1-6(11(16)15-8-3-4-8)14-12(17)10-5-9(13)7(2)18-10/h5-6,8H,3-4,13H2,1-2H3,(H,14,17)(H,15,16). The topological polar surface area (TPSA) is 84.2 Å². The van der Waals surface area contributed by atoms with Gasteiger partial charge in [-0.05, 0) is 32.8 Å². The third-order valence-electron chi connectivity index (χ3n) is 2.84. The van der Waals surface area contributed by atoms with Crippen LogP contribution < -0.4 is 16.4 Å². The van der Waals surface area contributed by atoms with Crippen molar-refractivity contribution in [3.63, 3.8) is 0 Å². The maximum atomic E-state index is 11.9. The molecule has 0 spiro atoms. The second-order valence-corrected chi connectivity index (χ2v) is 5.86. The van der Waals surface area contributed by atoms with E-state index in [2.05, 4.69) is 10.6 Å². The van der Waals surface area contributed by atoms with Crippen molar-refractivity contribution in [3.8, 4) is 0 Å². The van der Waals surface area contributed by atoms with Crippen molar-refractivity contribution >= 4 is 28.8 Å². The van der Waals surface area contributed by atoms with Crippen LogP contribution >= 0.6 is 11.3 Å². The molecule has 5 nitrogen and oxygen atoms in total. The Balaban J connectivity index is 1.91. The largest absolute Gasteiger partial charge is 0.398 e. The molecule has 4 N–H and O–H groups in total. The van der Waals surface area contributed by atoms with E-state index in [0.29, 0.717) is 16.6 Å². The number of carbonyl (C=O) groups excluding carboxylic acids is 2. The molecule has 1 heterocycles. The molecule has 1 aliphatic carbocycles. The number of thiophene rings is 1. The fourth-order valence-electron chi connectivity index (χ4n) is 1.50. The molecule has 0 bridgehead atoms. The lowest BCUT2D eigenvalue weighted by atomic mass is 10.3. The summed E-state index contributed by atoms with van der Waals surface area (Å²) in [6.07, 6.45) is 2.07. The Morgan fingerprint density at radius 1 is 1.50 bits per heavy atom. The maximum Gasteiger partial charge on any atom is 0.262 e. The Hall–Kier alpha value is -1.56. The first kappa shape index (κ1) is 12.9. The second-order valence-electron chi connectivity index (χ2n) is 4.60. The predicted molar refractivity (Wildman–Crippen MR) is 71.6 cm³/mol. The number of nitrogens with one attached hydrogen (secondary N) is 2. The van der Waals surface area contributed by atoms with Crippen LogP contribution in [0.4, 0.5) is 5.69 Å². The minimum absolute atomic E-state index is 0.132. The van der Waals surface area contributed by atoms with Crippen LogP contribution in [-0.2, 0) is 4.79 Å². The third-order valence-corrected chi connectivity index (χ3v) is 3.91.